The second-order valence-electron chi connectivity index (χ2n) is 8.51. The molecule has 1 N–H and O–H groups in total. The van der Waals surface area contributed by atoms with Crippen LogP contribution in [0, 0.1) is 17.8 Å². The van der Waals surface area contributed by atoms with E-state index in [1.54, 1.807) is 36.4 Å². The lowest BCUT2D eigenvalue weighted by molar-refractivity contribution is -0.122. The van der Waals surface area contributed by atoms with Crippen molar-refractivity contribution in [3.8, 4) is 5.75 Å². The van der Waals surface area contributed by atoms with E-state index in [1.807, 2.05) is 0 Å². The summed E-state index contributed by atoms with van der Waals surface area (Å²) in [6, 6.07) is 13.0. The Hall–Kier alpha value is -3.68. The first kappa shape index (κ1) is 22.5. The molecule has 2 aromatic rings. The molecule has 1 heterocycles. The number of nitrogens with one attached hydrogen (secondary N) is 1. The van der Waals surface area contributed by atoms with Gasteiger partial charge in [-0.2, -0.15) is 0 Å². The number of nitrogens with zero attached hydrogens (tertiary/aromatic N) is 1. The highest BCUT2D eigenvalue weighted by Gasteiger charge is 2.49. The fourth-order valence-electron chi connectivity index (χ4n) is 4.54. The minimum atomic E-state index is -0.682. The third kappa shape index (κ3) is 4.60. The number of benzene rings is 2. The highest BCUT2D eigenvalue weighted by atomic mass is 16.5. The molecular weight excluding hydrogens is 424 g/mol. The molecule has 172 valence electrons. The molecule has 2 aromatic carbocycles. The van der Waals surface area contributed by atoms with Gasteiger partial charge in [-0.15, -0.1) is 0 Å². The van der Waals surface area contributed by atoms with Gasteiger partial charge in [0.2, 0.25) is 11.8 Å². The molecule has 0 unspecified atom stereocenters. The summed E-state index contributed by atoms with van der Waals surface area (Å²) in [4.78, 5) is 51.4. The summed E-state index contributed by atoms with van der Waals surface area (Å²) in [6.07, 6.45) is 2.41. The first-order valence-electron chi connectivity index (χ1n) is 11.0. The topological polar surface area (TPSA) is 102 Å². The molecule has 8 nitrogen and oxygen atoms in total. The predicted molar refractivity (Wildman–Crippen MR) is 121 cm³/mol. The maximum absolute atomic E-state index is 12.8. The van der Waals surface area contributed by atoms with Gasteiger partial charge in [0.15, 0.2) is 6.61 Å². The van der Waals surface area contributed by atoms with Gasteiger partial charge in [-0.25, -0.2) is 4.79 Å². The maximum atomic E-state index is 12.8. The first-order valence-corrected chi connectivity index (χ1v) is 11.0. The Morgan fingerprint density at radius 2 is 1.70 bits per heavy atom. The third-order valence-corrected chi connectivity index (χ3v) is 6.26. The summed E-state index contributed by atoms with van der Waals surface area (Å²) >= 11 is 0. The van der Waals surface area contributed by atoms with Crippen LogP contribution in [0.4, 0.5) is 11.4 Å². The molecule has 2 aliphatic rings. The van der Waals surface area contributed by atoms with Crippen molar-refractivity contribution >= 4 is 35.1 Å². The quantitative estimate of drug-likeness (QED) is 0.535. The van der Waals surface area contributed by atoms with E-state index in [9.17, 15) is 19.2 Å². The molecule has 1 saturated carbocycles. The molecule has 0 aromatic heterocycles. The number of hydrogen-bond donors (Lipinski definition) is 1. The molecular formula is C25H26N2O6. The maximum Gasteiger partial charge on any atom is 0.338 e. The minimum absolute atomic E-state index is 0.166. The van der Waals surface area contributed by atoms with Crippen LogP contribution in [0.2, 0.25) is 0 Å². The van der Waals surface area contributed by atoms with Crippen molar-refractivity contribution in [2.45, 2.75) is 26.2 Å². The molecule has 3 amide bonds. The number of fused-ring (bicyclic) bond motifs is 1. The number of esters is 1. The highest BCUT2D eigenvalue weighted by molar-refractivity contribution is 6.22. The number of para-hydroxylation sites is 2. The van der Waals surface area contributed by atoms with Crippen molar-refractivity contribution in [1.29, 1.82) is 0 Å². The van der Waals surface area contributed by atoms with Crippen molar-refractivity contribution in [3.05, 3.63) is 54.1 Å². The number of anilines is 2. The molecule has 3 atom stereocenters. The molecule has 1 aliphatic heterocycles. The van der Waals surface area contributed by atoms with Crippen LogP contribution in [-0.4, -0.2) is 37.4 Å². The summed E-state index contributed by atoms with van der Waals surface area (Å²) in [5, 5.41) is 2.63. The molecule has 33 heavy (non-hydrogen) atoms. The van der Waals surface area contributed by atoms with Gasteiger partial charge < -0.3 is 14.8 Å². The van der Waals surface area contributed by atoms with Gasteiger partial charge in [0, 0.05) is 0 Å². The molecule has 2 fully saturated rings. The van der Waals surface area contributed by atoms with E-state index in [1.165, 1.54) is 24.1 Å². The van der Waals surface area contributed by atoms with E-state index < -0.39 is 18.5 Å². The van der Waals surface area contributed by atoms with Gasteiger partial charge in [0.1, 0.15) is 5.75 Å². The molecule has 8 heteroatoms. The Balaban J connectivity index is 1.36. The van der Waals surface area contributed by atoms with Gasteiger partial charge in [0.05, 0.1) is 35.9 Å². The van der Waals surface area contributed by atoms with E-state index >= 15 is 0 Å². The minimum Gasteiger partial charge on any atom is -0.495 e. The lowest BCUT2D eigenvalue weighted by Crippen LogP contribution is -2.30. The van der Waals surface area contributed by atoms with E-state index in [4.69, 9.17) is 9.47 Å². The second kappa shape index (κ2) is 9.44. The number of rotatable bonds is 6. The van der Waals surface area contributed by atoms with Gasteiger partial charge in [-0.3, -0.25) is 19.3 Å². The lowest BCUT2D eigenvalue weighted by atomic mass is 9.76. The number of amides is 3. The third-order valence-electron chi connectivity index (χ3n) is 6.26. The van der Waals surface area contributed by atoms with Gasteiger partial charge in [-0.1, -0.05) is 19.1 Å². The summed E-state index contributed by atoms with van der Waals surface area (Å²) in [5.41, 5.74) is 1.13. The van der Waals surface area contributed by atoms with E-state index in [0.29, 0.717) is 23.0 Å². The first-order chi connectivity index (χ1) is 15.9. The van der Waals surface area contributed by atoms with Gasteiger partial charge in [-0.05, 0) is 61.6 Å². The average molecular weight is 450 g/mol. The van der Waals surface area contributed by atoms with Crippen LogP contribution in [0.25, 0.3) is 0 Å². The smallest absolute Gasteiger partial charge is 0.338 e. The number of carbonyl (C=O) groups is 4. The van der Waals surface area contributed by atoms with Gasteiger partial charge in [0.25, 0.3) is 5.91 Å². The predicted octanol–water partition coefficient (Wildman–Crippen LogP) is 3.42. The SMILES string of the molecule is COc1ccccc1NC(=O)COC(=O)c1ccc(N2C(=O)[C@@H]3CC[C@H](C)C[C@H]3C2=O)cc1. The Bertz CT molecular complexity index is 1080. The van der Waals surface area contributed by atoms with Crippen LogP contribution in [0.15, 0.2) is 48.5 Å². The number of carbonyl (C=O) groups excluding carboxylic acids is 4. The monoisotopic (exact) mass is 450 g/mol. The van der Waals surface area contributed by atoms with E-state index in [0.717, 1.165) is 19.3 Å². The van der Waals surface area contributed by atoms with Crippen molar-refractivity contribution in [2.75, 3.05) is 23.9 Å². The molecule has 0 spiro atoms. The number of methoxy groups -OCH3 is 1. The van der Waals surface area contributed by atoms with Crippen molar-refractivity contribution in [3.63, 3.8) is 0 Å². The zero-order valence-electron chi connectivity index (χ0n) is 18.6. The molecule has 0 radical (unpaired) electrons. The second-order valence-corrected chi connectivity index (χ2v) is 8.51. The number of imide groups is 1. The Morgan fingerprint density at radius 3 is 2.42 bits per heavy atom. The molecule has 0 bridgehead atoms. The Morgan fingerprint density at radius 1 is 1.00 bits per heavy atom. The largest absolute Gasteiger partial charge is 0.495 e. The zero-order chi connectivity index (χ0) is 23.5. The van der Waals surface area contributed by atoms with Crippen LogP contribution in [-0.2, 0) is 19.1 Å². The van der Waals surface area contributed by atoms with Crippen molar-refractivity contribution in [1.82, 2.24) is 0 Å². The lowest BCUT2D eigenvalue weighted by Gasteiger charge is -2.25. The molecule has 1 aliphatic carbocycles. The molecule has 4 rings (SSSR count). The van der Waals surface area contributed by atoms with Crippen LogP contribution in [0.3, 0.4) is 0 Å². The van der Waals surface area contributed by atoms with E-state index in [-0.39, 0.29) is 29.2 Å². The van der Waals surface area contributed by atoms with Crippen LogP contribution >= 0.6 is 0 Å². The van der Waals surface area contributed by atoms with E-state index in [2.05, 4.69) is 12.2 Å². The average Bonchev–Trinajstić information content (AvgIpc) is 3.07. The summed E-state index contributed by atoms with van der Waals surface area (Å²) < 4.78 is 10.3. The van der Waals surface area contributed by atoms with Gasteiger partial charge >= 0.3 is 5.97 Å². The fraction of sp³-hybridized carbons (Fsp3) is 0.360. The molecule has 1 saturated heterocycles. The summed E-state index contributed by atoms with van der Waals surface area (Å²) in [7, 11) is 1.49. The Kier molecular flexibility index (Phi) is 6.44. The highest BCUT2D eigenvalue weighted by Crippen LogP contribution is 2.42. The summed E-state index contributed by atoms with van der Waals surface area (Å²) in [6.45, 7) is 1.64. The Labute approximate surface area is 191 Å². The van der Waals surface area contributed by atoms with Crippen molar-refractivity contribution < 1.29 is 28.7 Å². The standard InChI is InChI=1S/C25H26N2O6/c1-15-7-12-18-19(13-15)24(30)27(23(18)29)17-10-8-16(9-11-17)25(31)33-14-22(28)26-20-5-3-4-6-21(20)32-2/h3-6,8-11,15,18-19H,7,12-14H2,1-2H3,(H,26,28)/t15-,18+,19+/m0/s1. The zero-order valence-corrected chi connectivity index (χ0v) is 18.6. The number of ether oxygens (including phenoxy) is 2. The summed E-state index contributed by atoms with van der Waals surface area (Å²) in [5.74, 6) is -1.10. The fourth-order valence-corrected chi connectivity index (χ4v) is 4.54. The van der Waals surface area contributed by atoms with Crippen molar-refractivity contribution in [2.24, 2.45) is 17.8 Å². The van der Waals surface area contributed by atoms with Crippen LogP contribution in [0.5, 0.6) is 5.75 Å². The number of hydrogen-bond acceptors (Lipinski definition) is 6. The van der Waals surface area contributed by atoms with Crippen LogP contribution < -0.4 is 15.0 Å². The normalized spacial score (nSPS) is 22.0. The van der Waals surface area contributed by atoms with Crippen LogP contribution in [0.1, 0.15) is 36.5 Å².